The monoisotopic (exact) mass is 505 g/mol. The lowest BCUT2D eigenvalue weighted by atomic mass is 10.2. The van der Waals surface area contributed by atoms with Crippen LogP contribution in [0.3, 0.4) is 0 Å². The number of anilines is 1. The maximum absolute atomic E-state index is 12.8. The Morgan fingerprint density at radius 2 is 1.73 bits per heavy atom. The summed E-state index contributed by atoms with van der Waals surface area (Å²) in [6.45, 7) is 1.09. The van der Waals surface area contributed by atoms with Crippen molar-refractivity contribution in [1.82, 2.24) is 4.90 Å². The van der Waals surface area contributed by atoms with Gasteiger partial charge in [-0.25, -0.2) is 8.42 Å². The van der Waals surface area contributed by atoms with Gasteiger partial charge >= 0.3 is 0 Å². The zero-order valence-corrected chi connectivity index (χ0v) is 20.2. The van der Waals surface area contributed by atoms with Gasteiger partial charge in [0, 0.05) is 12.6 Å². The van der Waals surface area contributed by atoms with Crippen LogP contribution in [0.5, 0.6) is 17.2 Å². The highest BCUT2D eigenvalue weighted by atomic mass is 35.5. The van der Waals surface area contributed by atoms with Crippen molar-refractivity contribution in [3.8, 4) is 23.3 Å². The topological polar surface area (TPSA) is 91.7 Å². The summed E-state index contributed by atoms with van der Waals surface area (Å²) in [6, 6.07) is 17.3. The molecule has 3 aromatic rings. The minimum atomic E-state index is -3.87. The van der Waals surface area contributed by atoms with Gasteiger partial charge in [-0.15, -0.1) is 0 Å². The molecular formula is C23H21Cl2N3O4S. The first-order chi connectivity index (χ1) is 15.7. The Hall–Kier alpha value is -2.96. The Kier molecular flexibility index (Phi) is 8.06. The molecule has 0 aliphatic carbocycles. The van der Waals surface area contributed by atoms with E-state index < -0.39 is 10.0 Å². The van der Waals surface area contributed by atoms with Crippen molar-refractivity contribution in [2.75, 3.05) is 32.0 Å². The normalized spacial score (nSPS) is 11.2. The number of ether oxygens (including phenoxy) is 2. The molecule has 0 saturated heterocycles. The first-order valence-electron chi connectivity index (χ1n) is 9.76. The predicted octanol–water partition coefficient (Wildman–Crippen LogP) is 5.40. The molecule has 0 amide bonds. The van der Waals surface area contributed by atoms with Crippen molar-refractivity contribution in [3.05, 3.63) is 76.3 Å². The van der Waals surface area contributed by atoms with Crippen LogP contribution in [-0.2, 0) is 10.0 Å². The number of hydrogen-bond donors (Lipinski definition) is 1. The predicted molar refractivity (Wildman–Crippen MR) is 129 cm³/mol. The lowest BCUT2D eigenvalue weighted by molar-refractivity contribution is 0.261. The third-order valence-electron chi connectivity index (χ3n) is 4.43. The van der Waals surface area contributed by atoms with Crippen molar-refractivity contribution < 1.29 is 17.9 Å². The van der Waals surface area contributed by atoms with Gasteiger partial charge in [-0.3, -0.25) is 4.72 Å². The fourth-order valence-electron chi connectivity index (χ4n) is 2.74. The average Bonchev–Trinajstić information content (AvgIpc) is 2.76. The van der Waals surface area contributed by atoms with Gasteiger partial charge in [-0.1, -0.05) is 29.3 Å². The van der Waals surface area contributed by atoms with Gasteiger partial charge in [0.2, 0.25) is 0 Å². The first-order valence-corrected chi connectivity index (χ1v) is 12.0. The molecule has 0 heterocycles. The third-order valence-corrected chi connectivity index (χ3v) is 6.45. The Morgan fingerprint density at radius 3 is 2.39 bits per heavy atom. The van der Waals surface area contributed by atoms with Crippen molar-refractivity contribution in [2.24, 2.45) is 0 Å². The molecule has 0 aliphatic rings. The van der Waals surface area contributed by atoms with E-state index in [4.69, 9.17) is 32.7 Å². The van der Waals surface area contributed by atoms with Crippen molar-refractivity contribution in [3.63, 3.8) is 0 Å². The molecule has 0 bridgehead atoms. The Labute approximate surface area is 203 Å². The molecule has 0 saturated carbocycles. The maximum atomic E-state index is 12.8. The van der Waals surface area contributed by atoms with Gasteiger partial charge in [0.05, 0.1) is 20.6 Å². The number of nitriles is 1. The summed E-state index contributed by atoms with van der Waals surface area (Å²) in [4.78, 5) is 1.99. The number of sulfonamides is 1. The standard InChI is InChI=1S/C23H21Cl2N3O4S/c1-28(2)12-13-31-23-14-16(6-11-21(23)25)27-33(29,30)18-9-7-17(8-10-18)32-22-5-3-4-20(24)19(22)15-26/h3-11,14,27H,12-13H2,1-2H3. The highest BCUT2D eigenvalue weighted by Crippen LogP contribution is 2.31. The second-order valence-corrected chi connectivity index (χ2v) is 9.70. The molecule has 0 spiro atoms. The highest BCUT2D eigenvalue weighted by molar-refractivity contribution is 7.92. The first kappa shape index (κ1) is 24.7. The molecule has 3 aromatic carbocycles. The maximum Gasteiger partial charge on any atom is 0.261 e. The fraction of sp³-hybridized carbons (Fsp3) is 0.174. The Bertz CT molecular complexity index is 1270. The van der Waals surface area contributed by atoms with Gasteiger partial charge in [0.15, 0.2) is 0 Å². The number of nitrogens with zero attached hydrogens (tertiary/aromatic N) is 2. The number of rotatable bonds is 9. The van der Waals surface area contributed by atoms with Crippen molar-refractivity contribution in [1.29, 1.82) is 5.26 Å². The van der Waals surface area contributed by atoms with Crippen LogP contribution < -0.4 is 14.2 Å². The van der Waals surface area contributed by atoms with Crippen LogP contribution in [0.1, 0.15) is 5.56 Å². The summed E-state index contributed by atoms with van der Waals surface area (Å²) >= 11 is 12.2. The molecule has 172 valence electrons. The van der Waals surface area contributed by atoms with Gasteiger partial charge in [-0.2, -0.15) is 5.26 Å². The molecule has 0 atom stereocenters. The molecule has 1 N–H and O–H groups in total. The summed E-state index contributed by atoms with van der Waals surface area (Å²) in [5.41, 5.74) is 0.515. The van der Waals surface area contributed by atoms with E-state index in [0.717, 1.165) is 0 Å². The van der Waals surface area contributed by atoms with E-state index in [2.05, 4.69) is 4.72 Å². The highest BCUT2D eigenvalue weighted by Gasteiger charge is 2.16. The van der Waals surface area contributed by atoms with Crippen LogP contribution in [0.2, 0.25) is 10.0 Å². The van der Waals surface area contributed by atoms with Crippen LogP contribution in [0, 0.1) is 11.3 Å². The third kappa shape index (κ3) is 6.53. The molecule has 0 unspecified atom stereocenters. The fourth-order valence-corrected chi connectivity index (χ4v) is 4.17. The molecular weight excluding hydrogens is 485 g/mol. The molecule has 0 aromatic heterocycles. The second kappa shape index (κ2) is 10.8. The van der Waals surface area contributed by atoms with Crippen molar-refractivity contribution in [2.45, 2.75) is 4.90 Å². The van der Waals surface area contributed by atoms with Crippen LogP contribution in [0.4, 0.5) is 5.69 Å². The van der Waals surface area contributed by atoms with E-state index >= 15 is 0 Å². The minimum absolute atomic E-state index is 0.0338. The molecule has 33 heavy (non-hydrogen) atoms. The van der Waals surface area contributed by atoms with E-state index in [9.17, 15) is 13.7 Å². The van der Waals surface area contributed by atoms with Gasteiger partial charge in [-0.05, 0) is 62.6 Å². The minimum Gasteiger partial charge on any atom is -0.491 e. The molecule has 0 radical (unpaired) electrons. The van der Waals surface area contributed by atoms with Gasteiger partial charge in [0.1, 0.15) is 35.5 Å². The smallest absolute Gasteiger partial charge is 0.261 e. The summed E-state index contributed by atoms with van der Waals surface area (Å²) in [7, 11) is -0.0321. The number of nitrogens with one attached hydrogen (secondary N) is 1. The van der Waals surface area contributed by atoms with E-state index in [1.807, 2.05) is 25.1 Å². The Balaban J connectivity index is 1.74. The Morgan fingerprint density at radius 1 is 1.00 bits per heavy atom. The lowest BCUT2D eigenvalue weighted by Gasteiger charge is -2.14. The molecule has 10 heteroatoms. The molecule has 3 rings (SSSR count). The SMILES string of the molecule is CN(C)CCOc1cc(NS(=O)(=O)c2ccc(Oc3cccc(Cl)c3C#N)cc2)ccc1Cl. The number of benzene rings is 3. The largest absolute Gasteiger partial charge is 0.491 e. The van der Waals surface area contributed by atoms with Crippen LogP contribution in [0.15, 0.2) is 65.6 Å². The van der Waals surface area contributed by atoms with Gasteiger partial charge < -0.3 is 14.4 Å². The summed E-state index contributed by atoms with van der Waals surface area (Å²) < 4.78 is 39.5. The van der Waals surface area contributed by atoms with E-state index in [-0.39, 0.29) is 21.2 Å². The van der Waals surface area contributed by atoms with Gasteiger partial charge in [0.25, 0.3) is 10.0 Å². The van der Waals surface area contributed by atoms with Crippen molar-refractivity contribution >= 4 is 38.9 Å². The molecule has 7 nitrogen and oxygen atoms in total. The quantitative estimate of drug-likeness (QED) is 0.418. The van der Waals surface area contributed by atoms with Crippen LogP contribution in [0.25, 0.3) is 0 Å². The van der Waals surface area contributed by atoms with Crippen LogP contribution >= 0.6 is 23.2 Å². The summed E-state index contributed by atoms with van der Waals surface area (Å²) in [5, 5.41) is 9.91. The van der Waals surface area contributed by atoms with Crippen LogP contribution in [-0.4, -0.2) is 40.6 Å². The zero-order chi connectivity index (χ0) is 24.0. The number of hydrogen-bond acceptors (Lipinski definition) is 6. The van der Waals surface area contributed by atoms with E-state index in [1.54, 1.807) is 30.3 Å². The zero-order valence-electron chi connectivity index (χ0n) is 17.9. The lowest BCUT2D eigenvalue weighted by Crippen LogP contribution is -2.19. The van der Waals surface area contributed by atoms with E-state index in [1.165, 1.54) is 30.3 Å². The number of halogens is 2. The molecule has 0 aliphatic heterocycles. The number of likely N-dealkylation sites (N-methyl/N-ethyl adjacent to an activating group) is 1. The second-order valence-electron chi connectivity index (χ2n) is 7.20. The summed E-state index contributed by atoms with van der Waals surface area (Å²) in [6.07, 6.45) is 0. The summed E-state index contributed by atoms with van der Waals surface area (Å²) in [5.74, 6) is 1.02. The molecule has 0 fully saturated rings. The van der Waals surface area contributed by atoms with E-state index in [0.29, 0.717) is 35.4 Å². The average molecular weight is 506 g/mol.